The molecule has 1 aliphatic heterocycles. The zero-order valence-corrected chi connectivity index (χ0v) is 34.5. The molecule has 3 heterocycles. The number of hydrogen-bond acceptors (Lipinski definition) is 11. The van der Waals surface area contributed by atoms with Crippen molar-refractivity contribution in [3.05, 3.63) is 41.8 Å². The SMILES string of the molecule is COc1ccc2c(O[C@@H]3C[C@H]4C(=O)C[C@]5(C(=O)CS(=O)(=O)C6CC6)C[C@H]5/C=C\CCCCN(C)C(=O)[C@@H]4C3)cc(-c3csc(NC(=O)CC(C)(C)C)n3)nc2c1. The third kappa shape index (κ3) is 8.86. The Balaban J connectivity index is 1.17. The molecule has 300 valence electrons. The predicted octanol–water partition coefficient (Wildman–Crippen LogP) is 6.83. The van der Waals surface area contributed by atoms with Crippen LogP contribution in [0, 0.1) is 28.6 Å². The van der Waals surface area contributed by atoms with Gasteiger partial charge >= 0.3 is 0 Å². The number of allylic oxidation sites excluding steroid dienone is 2. The van der Waals surface area contributed by atoms with Gasteiger partial charge in [0.15, 0.2) is 20.8 Å². The van der Waals surface area contributed by atoms with Gasteiger partial charge in [0, 0.05) is 60.7 Å². The van der Waals surface area contributed by atoms with Crippen LogP contribution in [0.2, 0.25) is 0 Å². The number of hydrogen-bond donors (Lipinski definition) is 1. The van der Waals surface area contributed by atoms with Crippen LogP contribution in [0.25, 0.3) is 22.3 Å². The van der Waals surface area contributed by atoms with Crippen molar-refractivity contribution in [2.75, 3.05) is 31.8 Å². The van der Waals surface area contributed by atoms with Crippen LogP contribution in [0.3, 0.4) is 0 Å². The van der Waals surface area contributed by atoms with E-state index in [1.807, 2.05) is 50.4 Å². The van der Waals surface area contributed by atoms with Gasteiger partial charge in [0.1, 0.15) is 34.8 Å². The molecule has 0 radical (unpaired) electrons. The number of carbonyl (C=O) groups excluding carboxylic acids is 4. The molecule has 1 aromatic carbocycles. The number of benzene rings is 1. The number of Topliss-reactive ketones (excluding diaryl/α,β-unsaturated/α-hetero) is 2. The van der Waals surface area contributed by atoms with Gasteiger partial charge < -0.3 is 19.7 Å². The van der Waals surface area contributed by atoms with Crippen LogP contribution in [-0.4, -0.2) is 84.5 Å². The summed E-state index contributed by atoms with van der Waals surface area (Å²) >= 11 is 1.30. The van der Waals surface area contributed by atoms with E-state index in [1.165, 1.54) is 11.3 Å². The molecule has 14 heteroatoms. The van der Waals surface area contributed by atoms with E-state index in [-0.39, 0.29) is 47.6 Å². The van der Waals surface area contributed by atoms with Crippen molar-refractivity contribution in [3.63, 3.8) is 0 Å². The lowest BCUT2D eigenvalue weighted by atomic mass is 9.82. The van der Waals surface area contributed by atoms with Crippen molar-refractivity contribution in [1.29, 1.82) is 0 Å². The highest BCUT2D eigenvalue weighted by Crippen LogP contribution is 2.58. The van der Waals surface area contributed by atoms with Gasteiger partial charge in [0.2, 0.25) is 11.8 Å². The average Bonchev–Trinajstić information content (AvgIpc) is 4.02. The Morgan fingerprint density at radius 1 is 1.05 bits per heavy atom. The molecule has 5 atom stereocenters. The minimum absolute atomic E-state index is 0.0908. The van der Waals surface area contributed by atoms with Crippen molar-refractivity contribution in [2.45, 2.75) is 96.3 Å². The Morgan fingerprint density at radius 2 is 1.82 bits per heavy atom. The van der Waals surface area contributed by atoms with Crippen molar-refractivity contribution in [3.8, 4) is 22.9 Å². The van der Waals surface area contributed by atoms with Crippen molar-refractivity contribution < 1.29 is 37.1 Å². The zero-order chi connectivity index (χ0) is 40.0. The molecule has 12 nitrogen and oxygen atoms in total. The number of fused-ring (bicyclic) bond motifs is 3. The Bertz CT molecular complexity index is 2170. The summed E-state index contributed by atoms with van der Waals surface area (Å²) in [6.45, 7) is 6.55. The van der Waals surface area contributed by atoms with Gasteiger partial charge in [-0.25, -0.2) is 18.4 Å². The predicted molar refractivity (Wildman–Crippen MR) is 215 cm³/mol. The van der Waals surface area contributed by atoms with Crippen molar-refractivity contribution >= 4 is 60.6 Å². The fourth-order valence-electron chi connectivity index (χ4n) is 8.31. The normalized spacial score (nSPS) is 26.6. The van der Waals surface area contributed by atoms with E-state index in [1.54, 1.807) is 31.2 Å². The lowest BCUT2D eigenvalue weighted by molar-refractivity contribution is -0.140. The highest BCUT2D eigenvalue weighted by atomic mass is 32.2. The van der Waals surface area contributed by atoms with E-state index in [0.29, 0.717) is 77.6 Å². The van der Waals surface area contributed by atoms with Crippen LogP contribution in [-0.2, 0) is 29.0 Å². The number of carbonyl (C=O) groups is 4. The summed E-state index contributed by atoms with van der Waals surface area (Å²) in [7, 11) is -0.212. The van der Waals surface area contributed by atoms with Gasteiger partial charge in [-0.3, -0.25) is 19.2 Å². The average molecular weight is 805 g/mol. The fourth-order valence-corrected chi connectivity index (χ4v) is 10.8. The van der Waals surface area contributed by atoms with Crippen LogP contribution in [0.5, 0.6) is 11.5 Å². The van der Waals surface area contributed by atoms with E-state index in [2.05, 4.69) is 10.3 Å². The number of anilines is 1. The molecule has 56 heavy (non-hydrogen) atoms. The molecule has 0 unspecified atom stereocenters. The van der Waals surface area contributed by atoms with Gasteiger partial charge in [-0.15, -0.1) is 11.3 Å². The standard InChI is InChI=1S/C42H52N4O8S2/c1-41(2,3)22-38(49)45-40-44-34(23-55-40)33-19-36(29-14-11-26(53-5)18-32(29)43-33)54-27-16-30-31(17-27)39(50)46(4)15-9-7-6-8-10-25-20-42(25,21-35(30)47)37(48)24-56(51,52)28-12-13-28/h8,10-11,14,18-19,23,25,27-28,30-31H,6-7,9,12-13,15-17,20-22,24H2,1-5H3,(H,44,45,49)/b10-8-/t25-,27-,30-,31-,42-/m1/s1. The Kier molecular flexibility index (Phi) is 11.2. The number of sulfone groups is 1. The lowest BCUT2D eigenvalue weighted by Crippen LogP contribution is -2.38. The first-order chi connectivity index (χ1) is 26.5. The second kappa shape index (κ2) is 15.6. The summed E-state index contributed by atoms with van der Waals surface area (Å²) in [5.74, 6) is -1.80. The zero-order valence-electron chi connectivity index (χ0n) is 32.8. The second-order valence-electron chi connectivity index (χ2n) is 17.4. The quantitative estimate of drug-likeness (QED) is 0.215. The number of aromatic nitrogens is 2. The molecule has 3 fully saturated rings. The molecule has 3 saturated carbocycles. The number of thiazole rings is 1. The first-order valence-corrected chi connectivity index (χ1v) is 22.3. The molecule has 2 amide bonds. The van der Waals surface area contributed by atoms with Crippen molar-refractivity contribution in [1.82, 2.24) is 14.9 Å². The van der Waals surface area contributed by atoms with E-state index in [4.69, 9.17) is 14.5 Å². The number of nitrogens with zero attached hydrogens (tertiary/aromatic N) is 3. The molecule has 1 N–H and O–H groups in total. The molecule has 7 rings (SSSR count). The summed E-state index contributed by atoms with van der Waals surface area (Å²) in [5, 5.41) is 5.43. The van der Waals surface area contributed by atoms with Crippen LogP contribution >= 0.6 is 11.3 Å². The van der Waals surface area contributed by atoms with Gasteiger partial charge in [0.25, 0.3) is 0 Å². The van der Waals surface area contributed by atoms with Crippen LogP contribution in [0.1, 0.15) is 85.0 Å². The maximum Gasteiger partial charge on any atom is 0.226 e. The Morgan fingerprint density at radius 3 is 2.55 bits per heavy atom. The summed E-state index contributed by atoms with van der Waals surface area (Å²) in [6, 6.07) is 7.28. The Hall–Kier alpha value is -4.17. The van der Waals surface area contributed by atoms with E-state index in [0.717, 1.165) is 19.3 Å². The number of rotatable bonds is 10. The van der Waals surface area contributed by atoms with Gasteiger partial charge in [-0.2, -0.15) is 0 Å². The van der Waals surface area contributed by atoms with Crippen LogP contribution < -0.4 is 14.8 Å². The maximum atomic E-state index is 14.4. The molecule has 0 saturated heterocycles. The number of ether oxygens (including phenoxy) is 2. The highest BCUT2D eigenvalue weighted by Gasteiger charge is 2.61. The molecular weight excluding hydrogens is 753 g/mol. The Labute approximate surface area is 332 Å². The number of methoxy groups -OCH3 is 1. The number of pyridine rings is 1. The molecule has 3 aromatic rings. The molecule has 2 aromatic heterocycles. The fraction of sp³-hybridized carbons (Fsp3) is 0.571. The van der Waals surface area contributed by atoms with Gasteiger partial charge in [-0.05, 0) is 74.8 Å². The summed E-state index contributed by atoms with van der Waals surface area (Å²) in [4.78, 5) is 66.3. The van der Waals surface area contributed by atoms with Gasteiger partial charge in [0.05, 0.1) is 29.5 Å². The molecule has 0 bridgehead atoms. The summed E-state index contributed by atoms with van der Waals surface area (Å²) in [5.41, 5.74) is 0.425. The smallest absolute Gasteiger partial charge is 0.226 e. The molecular formula is C42H52N4O8S2. The molecule has 0 spiro atoms. The monoisotopic (exact) mass is 804 g/mol. The minimum Gasteiger partial charge on any atom is -0.497 e. The third-order valence-corrected chi connectivity index (χ3v) is 14.5. The van der Waals surface area contributed by atoms with E-state index >= 15 is 0 Å². The largest absolute Gasteiger partial charge is 0.497 e. The highest BCUT2D eigenvalue weighted by molar-refractivity contribution is 7.93. The maximum absolute atomic E-state index is 14.4. The number of amides is 2. The van der Waals surface area contributed by atoms with E-state index < -0.39 is 44.2 Å². The van der Waals surface area contributed by atoms with Crippen LogP contribution in [0.15, 0.2) is 41.8 Å². The minimum atomic E-state index is -3.56. The van der Waals surface area contributed by atoms with Crippen molar-refractivity contribution in [2.24, 2.45) is 28.6 Å². The first kappa shape index (κ1) is 40.0. The summed E-state index contributed by atoms with van der Waals surface area (Å²) in [6.07, 6.45) is 8.37. The topological polar surface area (TPSA) is 162 Å². The number of nitrogens with one attached hydrogen (secondary N) is 1. The summed E-state index contributed by atoms with van der Waals surface area (Å²) < 4.78 is 38.1. The second-order valence-corrected chi connectivity index (χ2v) is 20.5. The van der Waals surface area contributed by atoms with E-state index in [9.17, 15) is 27.6 Å². The first-order valence-electron chi connectivity index (χ1n) is 19.7. The lowest BCUT2D eigenvalue weighted by Gasteiger charge is -2.26. The van der Waals surface area contributed by atoms with Crippen LogP contribution in [0.4, 0.5) is 5.13 Å². The third-order valence-electron chi connectivity index (χ3n) is 11.6. The molecule has 3 aliphatic carbocycles. The molecule has 4 aliphatic rings. The van der Waals surface area contributed by atoms with Gasteiger partial charge in [-0.1, -0.05) is 32.9 Å². The number of ketones is 2.